The van der Waals surface area contributed by atoms with Crippen LogP contribution in [-0.2, 0) is 6.42 Å². The Bertz CT molecular complexity index is 316. The smallest absolute Gasteiger partial charge is 0.00683 e. The fourth-order valence-corrected chi connectivity index (χ4v) is 2.16. The van der Waals surface area contributed by atoms with E-state index in [9.17, 15) is 0 Å². The highest BCUT2D eigenvalue weighted by molar-refractivity contribution is 5.14. The summed E-state index contributed by atoms with van der Waals surface area (Å²) < 4.78 is 0. The van der Waals surface area contributed by atoms with Gasteiger partial charge >= 0.3 is 0 Å². The van der Waals surface area contributed by atoms with E-state index in [1.54, 1.807) is 0 Å². The zero-order chi connectivity index (χ0) is 12.1. The van der Waals surface area contributed by atoms with Crippen molar-refractivity contribution in [3.8, 4) is 0 Å². The summed E-state index contributed by atoms with van der Waals surface area (Å²) in [6.07, 6.45) is 5.31. The molecule has 1 fully saturated rings. The van der Waals surface area contributed by atoms with Crippen molar-refractivity contribution >= 4 is 0 Å². The molecule has 1 aromatic carbocycles. The third-order valence-corrected chi connectivity index (χ3v) is 4.01. The lowest BCUT2D eigenvalue weighted by Gasteiger charge is -2.20. The van der Waals surface area contributed by atoms with E-state index in [2.05, 4.69) is 49.5 Å². The standard InChI is InChI=1S/C16H25N/c1-13(14(2)12-17-16-10-11-16)8-9-15-6-4-3-5-7-15/h3-7,13-14,16-17H,8-12H2,1-2H3. The topological polar surface area (TPSA) is 12.0 Å². The van der Waals surface area contributed by atoms with E-state index in [-0.39, 0.29) is 0 Å². The largest absolute Gasteiger partial charge is 0.314 e. The van der Waals surface area contributed by atoms with Crippen LogP contribution in [0.3, 0.4) is 0 Å². The summed E-state index contributed by atoms with van der Waals surface area (Å²) >= 11 is 0. The number of rotatable bonds is 7. The van der Waals surface area contributed by atoms with Gasteiger partial charge in [-0.05, 0) is 49.6 Å². The molecule has 2 rings (SSSR count). The Morgan fingerprint density at radius 1 is 1.12 bits per heavy atom. The Morgan fingerprint density at radius 3 is 2.47 bits per heavy atom. The molecule has 0 bridgehead atoms. The van der Waals surface area contributed by atoms with Gasteiger partial charge in [0.1, 0.15) is 0 Å². The van der Waals surface area contributed by atoms with Gasteiger partial charge in [-0.25, -0.2) is 0 Å². The van der Waals surface area contributed by atoms with Crippen molar-refractivity contribution < 1.29 is 0 Å². The number of benzene rings is 1. The summed E-state index contributed by atoms with van der Waals surface area (Å²) in [7, 11) is 0. The lowest BCUT2D eigenvalue weighted by atomic mass is 9.90. The van der Waals surface area contributed by atoms with Crippen LogP contribution in [0.15, 0.2) is 30.3 Å². The molecular weight excluding hydrogens is 206 g/mol. The zero-order valence-electron chi connectivity index (χ0n) is 11.2. The molecule has 0 aliphatic heterocycles. The molecule has 17 heavy (non-hydrogen) atoms. The highest BCUT2D eigenvalue weighted by Gasteiger charge is 2.22. The van der Waals surface area contributed by atoms with Gasteiger partial charge in [-0.3, -0.25) is 0 Å². The van der Waals surface area contributed by atoms with E-state index < -0.39 is 0 Å². The predicted octanol–water partition coefficient (Wildman–Crippen LogP) is 3.64. The lowest BCUT2D eigenvalue weighted by molar-refractivity contribution is 0.347. The first-order valence-electron chi connectivity index (χ1n) is 7.03. The van der Waals surface area contributed by atoms with Crippen LogP contribution in [0.25, 0.3) is 0 Å². The van der Waals surface area contributed by atoms with Gasteiger partial charge in [0, 0.05) is 6.04 Å². The van der Waals surface area contributed by atoms with Crippen molar-refractivity contribution in [2.45, 2.75) is 45.6 Å². The second-order valence-corrected chi connectivity index (χ2v) is 5.66. The van der Waals surface area contributed by atoms with Crippen molar-refractivity contribution in [2.24, 2.45) is 11.8 Å². The van der Waals surface area contributed by atoms with Gasteiger partial charge in [0.2, 0.25) is 0 Å². The summed E-state index contributed by atoms with van der Waals surface area (Å²) in [4.78, 5) is 0. The van der Waals surface area contributed by atoms with Crippen LogP contribution < -0.4 is 5.32 Å². The minimum absolute atomic E-state index is 0.791. The van der Waals surface area contributed by atoms with Gasteiger partial charge in [0.05, 0.1) is 0 Å². The Balaban J connectivity index is 1.66. The van der Waals surface area contributed by atoms with Gasteiger partial charge in [-0.1, -0.05) is 44.2 Å². The average Bonchev–Trinajstić information content (AvgIpc) is 3.18. The third-order valence-electron chi connectivity index (χ3n) is 4.01. The van der Waals surface area contributed by atoms with Crippen molar-refractivity contribution in [3.05, 3.63) is 35.9 Å². The first-order chi connectivity index (χ1) is 8.25. The Morgan fingerprint density at radius 2 is 1.82 bits per heavy atom. The SMILES string of the molecule is CC(CCc1ccccc1)C(C)CNC1CC1. The van der Waals surface area contributed by atoms with E-state index in [0.29, 0.717) is 0 Å². The van der Waals surface area contributed by atoms with E-state index in [1.165, 1.54) is 37.8 Å². The Kier molecular flexibility index (Phi) is 4.61. The second-order valence-electron chi connectivity index (χ2n) is 5.66. The molecule has 0 radical (unpaired) electrons. The van der Waals surface area contributed by atoms with E-state index >= 15 is 0 Å². The van der Waals surface area contributed by atoms with E-state index in [1.807, 2.05) is 0 Å². The Hall–Kier alpha value is -0.820. The fraction of sp³-hybridized carbons (Fsp3) is 0.625. The monoisotopic (exact) mass is 231 g/mol. The summed E-state index contributed by atoms with van der Waals surface area (Å²) in [5, 5.41) is 3.64. The number of aryl methyl sites for hydroxylation is 1. The van der Waals surface area contributed by atoms with Gasteiger partial charge < -0.3 is 5.32 Å². The molecule has 1 heteroatoms. The van der Waals surface area contributed by atoms with Gasteiger partial charge in [-0.15, -0.1) is 0 Å². The van der Waals surface area contributed by atoms with Gasteiger partial charge in [0.25, 0.3) is 0 Å². The zero-order valence-corrected chi connectivity index (χ0v) is 11.2. The highest BCUT2D eigenvalue weighted by Crippen LogP contribution is 2.21. The van der Waals surface area contributed by atoms with Crippen LogP contribution in [0.2, 0.25) is 0 Å². The van der Waals surface area contributed by atoms with Gasteiger partial charge in [-0.2, -0.15) is 0 Å². The average molecular weight is 231 g/mol. The highest BCUT2D eigenvalue weighted by atomic mass is 14.9. The summed E-state index contributed by atoms with van der Waals surface area (Å²) in [5.41, 5.74) is 1.47. The molecule has 94 valence electrons. The van der Waals surface area contributed by atoms with Crippen LogP contribution in [0.1, 0.15) is 38.7 Å². The molecule has 0 aromatic heterocycles. The van der Waals surface area contributed by atoms with Crippen LogP contribution in [-0.4, -0.2) is 12.6 Å². The molecule has 0 heterocycles. The normalized spacial score (nSPS) is 18.9. The summed E-state index contributed by atoms with van der Waals surface area (Å²) in [5.74, 6) is 1.60. The minimum atomic E-state index is 0.791. The van der Waals surface area contributed by atoms with Crippen molar-refractivity contribution in [3.63, 3.8) is 0 Å². The van der Waals surface area contributed by atoms with Crippen molar-refractivity contribution in [1.29, 1.82) is 0 Å². The second kappa shape index (κ2) is 6.20. The summed E-state index contributed by atoms with van der Waals surface area (Å²) in [6.45, 7) is 5.97. The third kappa shape index (κ3) is 4.51. The van der Waals surface area contributed by atoms with Crippen molar-refractivity contribution in [2.75, 3.05) is 6.54 Å². The molecule has 1 aliphatic carbocycles. The van der Waals surface area contributed by atoms with Crippen molar-refractivity contribution in [1.82, 2.24) is 5.32 Å². The molecule has 1 aliphatic rings. The van der Waals surface area contributed by atoms with Crippen LogP contribution >= 0.6 is 0 Å². The fourth-order valence-electron chi connectivity index (χ4n) is 2.16. The maximum atomic E-state index is 3.64. The predicted molar refractivity (Wildman–Crippen MR) is 74.1 cm³/mol. The van der Waals surface area contributed by atoms with Crippen LogP contribution in [0.5, 0.6) is 0 Å². The molecule has 1 saturated carbocycles. The lowest BCUT2D eigenvalue weighted by Crippen LogP contribution is -2.27. The molecule has 2 atom stereocenters. The molecule has 1 N–H and O–H groups in total. The molecule has 0 saturated heterocycles. The van der Waals surface area contributed by atoms with Crippen LogP contribution in [0.4, 0.5) is 0 Å². The quantitative estimate of drug-likeness (QED) is 0.755. The maximum absolute atomic E-state index is 3.64. The molecule has 2 unspecified atom stereocenters. The molecular formula is C16H25N. The number of hydrogen-bond donors (Lipinski definition) is 1. The van der Waals surface area contributed by atoms with E-state index in [4.69, 9.17) is 0 Å². The summed E-state index contributed by atoms with van der Waals surface area (Å²) in [6, 6.07) is 11.7. The minimum Gasteiger partial charge on any atom is -0.314 e. The molecule has 1 nitrogen and oxygen atoms in total. The van der Waals surface area contributed by atoms with Gasteiger partial charge in [0.15, 0.2) is 0 Å². The maximum Gasteiger partial charge on any atom is 0.00683 e. The number of nitrogens with one attached hydrogen (secondary N) is 1. The number of hydrogen-bond acceptors (Lipinski definition) is 1. The molecule has 0 amide bonds. The first kappa shape index (κ1) is 12.6. The molecule has 1 aromatic rings. The molecule has 0 spiro atoms. The Labute approximate surface area is 106 Å². The van der Waals surface area contributed by atoms with Crippen LogP contribution in [0, 0.1) is 11.8 Å². The first-order valence-corrected chi connectivity index (χ1v) is 7.03. The van der Waals surface area contributed by atoms with E-state index in [0.717, 1.165) is 17.9 Å².